The molecule has 4 heteroatoms. The Labute approximate surface area is 155 Å². The van der Waals surface area contributed by atoms with Gasteiger partial charge in [-0.05, 0) is 55.4 Å². The Morgan fingerprint density at radius 3 is 2.83 bits per heavy atom. The van der Waals surface area contributed by atoms with E-state index in [1.807, 2.05) is 0 Å². The van der Waals surface area contributed by atoms with Crippen LogP contribution < -0.4 is 4.74 Å². The number of piperidine rings is 1. The summed E-state index contributed by atoms with van der Waals surface area (Å²) in [5, 5.41) is 10.9. The third kappa shape index (κ3) is 2.25. The Balaban J connectivity index is 0.00000169. The zero-order valence-electron chi connectivity index (χ0n) is 14.4. The number of methoxy groups -OCH3 is 1. The minimum Gasteiger partial charge on any atom is -0.497 e. The van der Waals surface area contributed by atoms with E-state index in [0.29, 0.717) is 12.1 Å². The second-order valence-electron chi connectivity index (χ2n) is 7.58. The van der Waals surface area contributed by atoms with Gasteiger partial charge in [0, 0.05) is 24.0 Å². The number of terminal acetylenes is 1. The van der Waals surface area contributed by atoms with Crippen LogP contribution >= 0.6 is 17.0 Å². The molecule has 0 radical (unpaired) electrons. The maximum absolute atomic E-state index is 10.9. The smallest absolute Gasteiger partial charge is 0.132 e. The number of fused-ring (bicyclic) bond motifs is 5. The van der Waals surface area contributed by atoms with Crippen LogP contribution in [-0.4, -0.2) is 35.3 Å². The summed E-state index contributed by atoms with van der Waals surface area (Å²) in [5.74, 6) is 3.67. The van der Waals surface area contributed by atoms with E-state index in [1.165, 1.54) is 11.1 Å². The van der Waals surface area contributed by atoms with E-state index >= 15 is 0 Å². The molecule has 1 N–H and O–H groups in total. The molecule has 0 spiro atoms. The maximum Gasteiger partial charge on any atom is 0.132 e. The first-order valence-electron chi connectivity index (χ1n) is 8.65. The Bertz CT molecular complexity index is 685. The lowest BCUT2D eigenvalue weighted by atomic mass is 9.66. The molecule has 2 aliphatic heterocycles. The topological polar surface area (TPSA) is 32.7 Å². The van der Waals surface area contributed by atoms with Gasteiger partial charge in [-0.1, -0.05) is 18.9 Å². The summed E-state index contributed by atoms with van der Waals surface area (Å²) < 4.78 is 5.37. The van der Waals surface area contributed by atoms with Crippen molar-refractivity contribution < 1.29 is 9.84 Å². The number of hydrogen-bond donors (Lipinski definition) is 1. The second-order valence-corrected chi connectivity index (χ2v) is 7.58. The summed E-state index contributed by atoms with van der Waals surface area (Å²) >= 11 is 0. The fourth-order valence-corrected chi connectivity index (χ4v) is 5.33. The molecule has 24 heavy (non-hydrogen) atoms. The van der Waals surface area contributed by atoms with Crippen LogP contribution in [0.2, 0.25) is 0 Å². The van der Waals surface area contributed by atoms with Gasteiger partial charge in [-0.3, -0.25) is 4.90 Å². The molecular formula is C20H26BrNO2. The van der Waals surface area contributed by atoms with Crippen molar-refractivity contribution in [2.75, 3.05) is 13.7 Å². The maximum atomic E-state index is 10.9. The standard InChI is InChI=1S/C20H25NO2.BrH/c1-4-20(22)11-8-18-19(20,2)10-7-17-16-6-5-15(23-3)13-14(16)9-12-21(17)18;/h1,5-6,13,17-18,22H,7-12H2,2-3H3;1H/t17-,18-,19+,20+;/m1./s1. The zero-order valence-corrected chi connectivity index (χ0v) is 16.1. The SMILES string of the molecule is Br.C#C[C@]1(O)CC[C@H]2N3CCc4cc(OC)ccc4[C@H]3CC[C@@]21C. The fourth-order valence-electron chi connectivity index (χ4n) is 5.33. The summed E-state index contributed by atoms with van der Waals surface area (Å²) in [6, 6.07) is 7.34. The number of aliphatic hydroxyl groups is 1. The lowest BCUT2D eigenvalue weighted by Crippen LogP contribution is -2.57. The van der Waals surface area contributed by atoms with Gasteiger partial charge in [0.25, 0.3) is 0 Å². The summed E-state index contributed by atoms with van der Waals surface area (Å²) in [6.07, 6.45) is 10.5. The number of benzene rings is 1. The van der Waals surface area contributed by atoms with Crippen molar-refractivity contribution in [1.29, 1.82) is 0 Å². The highest BCUT2D eigenvalue weighted by atomic mass is 79.9. The van der Waals surface area contributed by atoms with Crippen LogP contribution in [0.15, 0.2) is 18.2 Å². The van der Waals surface area contributed by atoms with E-state index in [1.54, 1.807) is 7.11 Å². The third-order valence-electron chi connectivity index (χ3n) is 6.78. The van der Waals surface area contributed by atoms with Crippen LogP contribution in [0.1, 0.15) is 49.8 Å². The summed E-state index contributed by atoms with van der Waals surface area (Å²) in [5.41, 5.74) is 1.74. The van der Waals surface area contributed by atoms with Crippen LogP contribution in [0.3, 0.4) is 0 Å². The highest BCUT2D eigenvalue weighted by Crippen LogP contribution is 2.58. The van der Waals surface area contributed by atoms with Gasteiger partial charge in [-0.2, -0.15) is 0 Å². The van der Waals surface area contributed by atoms with Crippen LogP contribution in [0, 0.1) is 17.8 Å². The highest BCUT2D eigenvalue weighted by Gasteiger charge is 2.60. The van der Waals surface area contributed by atoms with Gasteiger partial charge in [0.1, 0.15) is 11.4 Å². The molecule has 1 aromatic carbocycles. The molecule has 4 rings (SSSR count). The van der Waals surface area contributed by atoms with E-state index in [0.717, 1.165) is 44.4 Å². The first kappa shape index (κ1) is 17.8. The Morgan fingerprint density at radius 1 is 1.33 bits per heavy atom. The molecule has 0 unspecified atom stereocenters. The van der Waals surface area contributed by atoms with Gasteiger partial charge in [0.05, 0.1) is 7.11 Å². The molecule has 2 fully saturated rings. The fraction of sp³-hybridized carbons (Fsp3) is 0.600. The Hall–Kier alpha value is -1.02. The van der Waals surface area contributed by atoms with E-state index < -0.39 is 5.60 Å². The normalized spacial score (nSPS) is 37.4. The molecule has 3 nitrogen and oxygen atoms in total. The second kappa shape index (κ2) is 6.05. The van der Waals surface area contributed by atoms with Crippen molar-refractivity contribution in [3.8, 4) is 18.1 Å². The number of hydrogen-bond acceptors (Lipinski definition) is 3. The van der Waals surface area contributed by atoms with Gasteiger partial charge < -0.3 is 9.84 Å². The lowest BCUT2D eigenvalue weighted by Gasteiger charge is -2.54. The predicted octanol–water partition coefficient (Wildman–Crippen LogP) is 3.50. The third-order valence-corrected chi connectivity index (χ3v) is 6.78. The van der Waals surface area contributed by atoms with E-state index in [2.05, 4.69) is 35.9 Å². The molecule has 0 aromatic heterocycles. The molecule has 3 aliphatic rings. The predicted molar refractivity (Wildman–Crippen MR) is 101 cm³/mol. The number of halogens is 1. The number of ether oxygens (including phenoxy) is 1. The van der Waals surface area contributed by atoms with Gasteiger partial charge in [-0.15, -0.1) is 23.4 Å². The Morgan fingerprint density at radius 2 is 2.12 bits per heavy atom. The van der Waals surface area contributed by atoms with Crippen LogP contribution in [0.5, 0.6) is 5.75 Å². The first-order valence-corrected chi connectivity index (χ1v) is 8.65. The van der Waals surface area contributed by atoms with Crippen molar-refractivity contribution in [3.63, 3.8) is 0 Å². The minimum absolute atomic E-state index is 0. The molecule has 1 saturated carbocycles. The largest absolute Gasteiger partial charge is 0.497 e. The van der Waals surface area contributed by atoms with Crippen molar-refractivity contribution in [1.82, 2.24) is 4.90 Å². The molecule has 0 bridgehead atoms. The van der Waals surface area contributed by atoms with Gasteiger partial charge in [-0.25, -0.2) is 0 Å². The summed E-state index contributed by atoms with van der Waals surface area (Å²) in [4.78, 5) is 2.62. The molecule has 1 aromatic rings. The molecular weight excluding hydrogens is 366 g/mol. The zero-order chi connectivity index (χ0) is 16.2. The number of nitrogens with zero attached hydrogens (tertiary/aromatic N) is 1. The quantitative estimate of drug-likeness (QED) is 0.743. The summed E-state index contributed by atoms with van der Waals surface area (Å²) in [6.45, 7) is 3.25. The van der Waals surface area contributed by atoms with Crippen LogP contribution in [-0.2, 0) is 6.42 Å². The molecule has 2 heterocycles. The van der Waals surface area contributed by atoms with Crippen LogP contribution in [0.4, 0.5) is 0 Å². The first-order chi connectivity index (χ1) is 11.0. The lowest BCUT2D eigenvalue weighted by molar-refractivity contribution is -0.0839. The molecule has 130 valence electrons. The van der Waals surface area contributed by atoms with Crippen molar-refractivity contribution in [2.45, 2.75) is 56.7 Å². The average Bonchev–Trinajstić information content (AvgIpc) is 2.86. The highest BCUT2D eigenvalue weighted by molar-refractivity contribution is 8.93. The number of rotatable bonds is 1. The van der Waals surface area contributed by atoms with Crippen molar-refractivity contribution >= 4 is 17.0 Å². The van der Waals surface area contributed by atoms with Crippen molar-refractivity contribution in [3.05, 3.63) is 29.3 Å². The van der Waals surface area contributed by atoms with E-state index in [9.17, 15) is 5.11 Å². The van der Waals surface area contributed by atoms with Gasteiger partial charge in [0.15, 0.2) is 0 Å². The molecule has 1 saturated heterocycles. The van der Waals surface area contributed by atoms with Crippen molar-refractivity contribution in [2.24, 2.45) is 5.41 Å². The average molecular weight is 392 g/mol. The monoisotopic (exact) mass is 391 g/mol. The van der Waals surface area contributed by atoms with E-state index in [4.69, 9.17) is 11.2 Å². The molecule has 0 amide bonds. The van der Waals surface area contributed by atoms with Crippen LogP contribution in [0.25, 0.3) is 0 Å². The van der Waals surface area contributed by atoms with E-state index in [-0.39, 0.29) is 22.4 Å². The molecule has 4 atom stereocenters. The minimum atomic E-state index is -0.942. The van der Waals surface area contributed by atoms with Gasteiger partial charge >= 0.3 is 0 Å². The Kier molecular flexibility index (Phi) is 4.49. The summed E-state index contributed by atoms with van der Waals surface area (Å²) in [7, 11) is 1.72. The van der Waals surface area contributed by atoms with Gasteiger partial charge in [0.2, 0.25) is 0 Å². The molecule has 1 aliphatic carbocycles.